The minimum atomic E-state index is -0.214. The zero-order valence-electron chi connectivity index (χ0n) is 15.6. The molecule has 0 saturated heterocycles. The first-order valence-electron chi connectivity index (χ1n) is 8.71. The first-order valence-corrected chi connectivity index (χ1v) is 8.71. The molecule has 0 atom stereocenters. The van der Waals surface area contributed by atoms with E-state index in [0.29, 0.717) is 24.5 Å². The lowest BCUT2D eigenvalue weighted by molar-refractivity contribution is 0.0756. The zero-order valence-corrected chi connectivity index (χ0v) is 15.6. The largest absolute Gasteiger partial charge is 0.379 e. The molecule has 26 heavy (non-hydrogen) atoms. The first-order chi connectivity index (χ1) is 12.5. The molecule has 0 saturated carbocycles. The fraction of sp³-hybridized carbons (Fsp3) is 0.444. The summed E-state index contributed by atoms with van der Waals surface area (Å²) in [5.41, 5.74) is 3.80. The number of aryl methyl sites for hydroxylation is 1. The zero-order chi connectivity index (χ0) is 18.7. The Morgan fingerprint density at radius 3 is 2.88 bits per heavy atom. The summed E-state index contributed by atoms with van der Waals surface area (Å²) < 4.78 is 8.95. The third-order valence-electron chi connectivity index (χ3n) is 4.16. The molecule has 3 rings (SSSR count). The first kappa shape index (κ1) is 18.1. The van der Waals surface area contributed by atoms with Gasteiger partial charge in [0, 0.05) is 43.7 Å². The number of hydrogen-bond donors (Lipinski definition) is 1. The molecule has 138 valence electrons. The van der Waals surface area contributed by atoms with E-state index in [1.165, 1.54) is 0 Å². The van der Waals surface area contributed by atoms with E-state index in [9.17, 15) is 4.79 Å². The molecule has 0 radical (unpaired) electrons. The van der Waals surface area contributed by atoms with Gasteiger partial charge in [0.05, 0.1) is 18.0 Å². The smallest absolute Gasteiger partial charge is 0.271 e. The number of carbonyl (C=O) groups is 1. The van der Waals surface area contributed by atoms with Gasteiger partial charge < -0.3 is 10.1 Å². The average Bonchev–Trinajstić information content (AvgIpc) is 3.18. The Labute approximate surface area is 152 Å². The van der Waals surface area contributed by atoms with E-state index >= 15 is 0 Å². The molecular formula is C18H24N6O2. The molecule has 8 heteroatoms. The van der Waals surface area contributed by atoms with Crippen molar-refractivity contribution >= 4 is 11.6 Å². The van der Waals surface area contributed by atoms with Crippen LogP contribution in [0.3, 0.4) is 0 Å². The topological polar surface area (TPSA) is 86.3 Å². The predicted molar refractivity (Wildman–Crippen MR) is 98.0 cm³/mol. The van der Waals surface area contributed by atoms with Gasteiger partial charge in [-0.05, 0) is 33.3 Å². The van der Waals surface area contributed by atoms with Gasteiger partial charge in [0.2, 0.25) is 0 Å². The molecule has 0 bridgehead atoms. The van der Waals surface area contributed by atoms with Crippen LogP contribution < -0.4 is 5.32 Å². The SMILES string of the molecule is Cc1c(-c2ccnc3cc(C(=O)NCCCOC(C)C)nn23)cnn1C. The van der Waals surface area contributed by atoms with Crippen LogP contribution in [0.15, 0.2) is 24.5 Å². The Bertz CT molecular complexity index is 912. The van der Waals surface area contributed by atoms with Crippen LogP contribution in [0, 0.1) is 6.92 Å². The molecule has 0 spiro atoms. The second-order valence-corrected chi connectivity index (χ2v) is 6.43. The lowest BCUT2D eigenvalue weighted by atomic mass is 10.2. The van der Waals surface area contributed by atoms with Crippen LogP contribution in [0.2, 0.25) is 0 Å². The molecule has 0 fully saturated rings. The van der Waals surface area contributed by atoms with Crippen molar-refractivity contribution < 1.29 is 9.53 Å². The summed E-state index contributed by atoms with van der Waals surface area (Å²) >= 11 is 0. The van der Waals surface area contributed by atoms with Gasteiger partial charge in [-0.25, -0.2) is 9.50 Å². The molecule has 0 aliphatic carbocycles. The summed E-state index contributed by atoms with van der Waals surface area (Å²) in [7, 11) is 1.89. The van der Waals surface area contributed by atoms with E-state index in [-0.39, 0.29) is 12.0 Å². The molecule has 1 N–H and O–H groups in total. The number of aromatic nitrogens is 5. The summed E-state index contributed by atoms with van der Waals surface area (Å²) in [6, 6.07) is 3.56. The van der Waals surface area contributed by atoms with Crippen LogP contribution in [0.1, 0.15) is 36.5 Å². The van der Waals surface area contributed by atoms with Crippen molar-refractivity contribution in [3.05, 3.63) is 35.9 Å². The van der Waals surface area contributed by atoms with Crippen molar-refractivity contribution in [2.24, 2.45) is 7.05 Å². The number of hydrogen-bond acceptors (Lipinski definition) is 5. The van der Waals surface area contributed by atoms with Crippen molar-refractivity contribution in [2.75, 3.05) is 13.2 Å². The van der Waals surface area contributed by atoms with Gasteiger partial charge in [0.15, 0.2) is 11.3 Å². The van der Waals surface area contributed by atoms with Crippen LogP contribution in [-0.2, 0) is 11.8 Å². The minimum Gasteiger partial charge on any atom is -0.379 e. The van der Waals surface area contributed by atoms with E-state index < -0.39 is 0 Å². The number of ether oxygens (including phenoxy) is 1. The molecule has 1 amide bonds. The molecule has 3 aromatic rings. The van der Waals surface area contributed by atoms with E-state index in [1.807, 2.05) is 33.9 Å². The number of rotatable bonds is 7. The van der Waals surface area contributed by atoms with Crippen LogP contribution in [0.4, 0.5) is 0 Å². The molecule has 0 aliphatic heterocycles. The maximum Gasteiger partial charge on any atom is 0.271 e. The molecule has 0 unspecified atom stereocenters. The van der Waals surface area contributed by atoms with Crippen LogP contribution in [0.5, 0.6) is 0 Å². The maximum absolute atomic E-state index is 12.4. The molecule has 0 aliphatic rings. The number of carbonyl (C=O) groups excluding carboxylic acids is 1. The van der Waals surface area contributed by atoms with E-state index in [2.05, 4.69) is 20.5 Å². The fourth-order valence-electron chi connectivity index (χ4n) is 2.64. The summed E-state index contributed by atoms with van der Waals surface area (Å²) in [6.07, 6.45) is 4.46. The second-order valence-electron chi connectivity index (χ2n) is 6.43. The van der Waals surface area contributed by atoms with Crippen LogP contribution in [-0.4, -0.2) is 49.5 Å². The standard InChI is InChI=1S/C18H24N6O2/c1-12(2)26-9-5-7-20-18(25)15-10-17-19-8-6-16(24(17)22-15)14-11-21-23(4)13(14)3/h6,8,10-12H,5,7,9H2,1-4H3,(H,20,25). The fourth-order valence-corrected chi connectivity index (χ4v) is 2.64. The Kier molecular flexibility index (Phi) is 5.32. The third kappa shape index (κ3) is 3.75. The lowest BCUT2D eigenvalue weighted by Gasteiger charge is -2.07. The molecular weight excluding hydrogens is 332 g/mol. The molecule has 3 aromatic heterocycles. The summed E-state index contributed by atoms with van der Waals surface area (Å²) in [5.74, 6) is -0.214. The Balaban J connectivity index is 1.76. The van der Waals surface area contributed by atoms with Gasteiger partial charge in [-0.3, -0.25) is 9.48 Å². The van der Waals surface area contributed by atoms with Crippen molar-refractivity contribution in [1.82, 2.24) is 29.7 Å². The van der Waals surface area contributed by atoms with E-state index in [1.54, 1.807) is 27.7 Å². The Hall–Kier alpha value is -2.74. The highest BCUT2D eigenvalue weighted by molar-refractivity contribution is 5.93. The number of fused-ring (bicyclic) bond motifs is 1. The quantitative estimate of drug-likeness (QED) is 0.654. The minimum absolute atomic E-state index is 0.199. The van der Waals surface area contributed by atoms with Gasteiger partial charge >= 0.3 is 0 Å². The highest BCUT2D eigenvalue weighted by Crippen LogP contribution is 2.22. The van der Waals surface area contributed by atoms with Crippen LogP contribution in [0.25, 0.3) is 16.9 Å². The Morgan fingerprint density at radius 2 is 2.19 bits per heavy atom. The monoisotopic (exact) mass is 356 g/mol. The third-order valence-corrected chi connectivity index (χ3v) is 4.16. The number of nitrogens with one attached hydrogen (secondary N) is 1. The van der Waals surface area contributed by atoms with Gasteiger partial charge in [-0.15, -0.1) is 0 Å². The van der Waals surface area contributed by atoms with Gasteiger partial charge in [-0.2, -0.15) is 10.2 Å². The van der Waals surface area contributed by atoms with Gasteiger partial charge in [0.25, 0.3) is 5.91 Å². The van der Waals surface area contributed by atoms with Gasteiger partial charge in [0.1, 0.15) is 0 Å². The van der Waals surface area contributed by atoms with Crippen molar-refractivity contribution in [3.63, 3.8) is 0 Å². The number of nitrogens with zero attached hydrogens (tertiary/aromatic N) is 5. The van der Waals surface area contributed by atoms with Crippen molar-refractivity contribution in [3.8, 4) is 11.3 Å². The predicted octanol–water partition coefficient (Wildman–Crippen LogP) is 1.98. The molecule has 8 nitrogen and oxygen atoms in total. The van der Waals surface area contributed by atoms with E-state index in [0.717, 1.165) is 23.4 Å². The van der Waals surface area contributed by atoms with Gasteiger partial charge in [-0.1, -0.05) is 0 Å². The average molecular weight is 356 g/mol. The van der Waals surface area contributed by atoms with E-state index in [4.69, 9.17) is 4.74 Å². The Morgan fingerprint density at radius 1 is 1.38 bits per heavy atom. The van der Waals surface area contributed by atoms with Crippen molar-refractivity contribution in [2.45, 2.75) is 33.3 Å². The maximum atomic E-state index is 12.4. The lowest BCUT2D eigenvalue weighted by Crippen LogP contribution is -2.26. The number of amides is 1. The normalized spacial score (nSPS) is 11.4. The van der Waals surface area contributed by atoms with Crippen molar-refractivity contribution in [1.29, 1.82) is 0 Å². The van der Waals surface area contributed by atoms with Crippen LogP contribution >= 0.6 is 0 Å². The summed E-state index contributed by atoms with van der Waals surface area (Å²) in [5, 5.41) is 11.6. The second kappa shape index (κ2) is 7.65. The summed E-state index contributed by atoms with van der Waals surface area (Å²) in [6.45, 7) is 7.13. The molecule has 3 heterocycles. The summed E-state index contributed by atoms with van der Waals surface area (Å²) in [4.78, 5) is 16.7. The molecule has 0 aromatic carbocycles. The highest BCUT2D eigenvalue weighted by atomic mass is 16.5. The highest BCUT2D eigenvalue weighted by Gasteiger charge is 2.16.